The minimum absolute atomic E-state index is 0.214. The quantitative estimate of drug-likeness (QED) is 0.594. The molecule has 0 atom stereocenters. The first-order valence-corrected chi connectivity index (χ1v) is 3.32. The number of aliphatic hydroxyl groups is 1. The van der Waals surface area contributed by atoms with Crippen molar-refractivity contribution in [3.8, 4) is 0 Å². The lowest BCUT2D eigenvalue weighted by molar-refractivity contribution is 0.237. The first-order chi connectivity index (χ1) is 4.35. The van der Waals surface area contributed by atoms with Crippen molar-refractivity contribution in [1.29, 1.82) is 0 Å². The van der Waals surface area contributed by atoms with E-state index in [4.69, 9.17) is 5.11 Å². The molecule has 0 saturated carbocycles. The molecule has 54 valence electrons. The van der Waals surface area contributed by atoms with Crippen LogP contribution in [0.4, 0.5) is 0 Å². The zero-order valence-electron chi connectivity index (χ0n) is 6.01. The molecule has 0 spiro atoms. The molecule has 0 aliphatic carbocycles. The van der Waals surface area contributed by atoms with Gasteiger partial charge in [0.15, 0.2) is 0 Å². The summed E-state index contributed by atoms with van der Waals surface area (Å²) in [5.74, 6) is 0. The molecular weight excluding hydrogens is 114 g/mol. The van der Waals surface area contributed by atoms with Crippen LogP contribution in [0.25, 0.3) is 0 Å². The standard InChI is InChI=1S/C7H15NO/c1-3-5-8(4-2)6-7-9/h4,9H,2-3,5-7H2,1H3. The largest absolute Gasteiger partial charge is 0.395 e. The Labute approximate surface area is 56.8 Å². The Bertz CT molecular complexity index is 67.3. The van der Waals surface area contributed by atoms with Gasteiger partial charge in [0.1, 0.15) is 0 Å². The summed E-state index contributed by atoms with van der Waals surface area (Å²) in [6, 6.07) is 0. The molecule has 1 N–H and O–H groups in total. The Morgan fingerprint density at radius 3 is 2.56 bits per heavy atom. The van der Waals surface area contributed by atoms with Gasteiger partial charge in [-0.25, -0.2) is 0 Å². The second-order valence-electron chi connectivity index (χ2n) is 1.94. The summed E-state index contributed by atoms with van der Waals surface area (Å²) in [7, 11) is 0. The minimum Gasteiger partial charge on any atom is -0.395 e. The van der Waals surface area contributed by atoms with Crippen molar-refractivity contribution >= 4 is 0 Å². The third-order valence-corrected chi connectivity index (χ3v) is 1.16. The summed E-state index contributed by atoms with van der Waals surface area (Å²) < 4.78 is 0. The lowest BCUT2D eigenvalue weighted by Gasteiger charge is -2.16. The Balaban J connectivity index is 3.29. The van der Waals surface area contributed by atoms with Crippen LogP contribution in [-0.2, 0) is 0 Å². The topological polar surface area (TPSA) is 23.5 Å². The van der Waals surface area contributed by atoms with E-state index in [2.05, 4.69) is 13.5 Å². The predicted octanol–water partition coefficient (Wildman–Crippen LogP) is 0.834. The highest BCUT2D eigenvalue weighted by atomic mass is 16.3. The van der Waals surface area contributed by atoms with Gasteiger partial charge in [-0.15, -0.1) is 0 Å². The number of aliphatic hydroxyl groups excluding tert-OH is 1. The van der Waals surface area contributed by atoms with Gasteiger partial charge < -0.3 is 10.0 Å². The SMILES string of the molecule is C=CN(CCC)CCO. The van der Waals surface area contributed by atoms with E-state index < -0.39 is 0 Å². The Kier molecular flexibility index (Phi) is 5.32. The Hall–Kier alpha value is -0.500. The zero-order chi connectivity index (χ0) is 7.11. The van der Waals surface area contributed by atoms with E-state index in [0.717, 1.165) is 13.0 Å². The number of hydrogen-bond acceptors (Lipinski definition) is 2. The average molecular weight is 129 g/mol. The van der Waals surface area contributed by atoms with Crippen molar-refractivity contribution in [2.75, 3.05) is 19.7 Å². The monoisotopic (exact) mass is 129 g/mol. The van der Waals surface area contributed by atoms with Crippen LogP contribution in [-0.4, -0.2) is 29.7 Å². The maximum atomic E-state index is 8.50. The molecule has 0 aliphatic rings. The van der Waals surface area contributed by atoms with Gasteiger partial charge >= 0.3 is 0 Å². The van der Waals surface area contributed by atoms with E-state index in [1.165, 1.54) is 0 Å². The molecule has 2 heteroatoms. The Morgan fingerprint density at radius 2 is 2.22 bits per heavy atom. The molecule has 0 aliphatic heterocycles. The highest BCUT2D eigenvalue weighted by molar-refractivity contribution is 4.69. The average Bonchev–Trinajstić information content (AvgIpc) is 1.88. The van der Waals surface area contributed by atoms with Crippen LogP contribution >= 0.6 is 0 Å². The summed E-state index contributed by atoms with van der Waals surface area (Å²) in [5.41, 5.74) is 0. The van der Waals surface area contributed by atoms with Crippen LogP contribution < -0.4 is 0 Å². The molecule has 0 bridgehead atoms. The minimum atomic E-state index is 0.214. The first-order valence-electron chi connectivity index (χ1n) is 3.32. The molecule has 0 unspecified atom stereocenters. The molecule has 0 fully saturated rings. The molecule has 2 nitrogen and oxygen atoms in total. The van der Waals surface area contributed by atoms with Gasteiger partial charge in [0.2, 0.25) is 0 Å². The smallest absolute Gasteiger partial charge is 0.0606 e. The second kappa shape index (κ2) is 5.63. The van der Waals surface area contributed by atoms with Crippen molar-refractivity contribution in [2.45, 2.75) is 13.3 Å². The second-order valence-corrected chi connectivity index (χ2v) is 1.94. The molecule has 0 aromatic rings. The number of nitrogens with zero attached hydrogens (tertiary/aromatic N) is 1. The van der Waals surface area contributed by atoms with Gasteiger partial charge in [-0.3, -0.25) is 0 Å². The lowest BCUT2D eigenvalue weighted by Crippen LogP contribution is -2.21. The highest BCUT2D eigenvalue weighted by Gasteiger charge is 1.92. The summed E-state index contributed by atoms with van der Waals surface area (Å²) in [4.78, 5) is 2.00. The normalized spacial score (nSPS) is 9.11. The molecule has 0 radical (unpaired) electrons. The lowest BCUT2D eigenvalue weighted by atomic mass is 10.4. The van der Waals surface area contributed by atoms with Crippen LogP contribution in [0, 0.1) is 0 Å². The fraction of sp³-hybridized carbons (Fsp3) is 0.714. The van der Waals surface area contributed by atoms with E-state index in [0.29, 0.717) is 6.54 Å². The van der Waals surface area contributed by atoms with Gasteiger partial charge in [0.25, 0.3) is 0 Å². The van der Waals surface area contributed by atoms with E-state index in [1.807, 2.05) is 4.90 Å². The third kappa shape index (κ3) is 4.03. The molecule has 0 aromatic heterocycles. The van der Waals surface area contributed by atoms with Gasteiger partial charge in [0, 0.05) is 13.1 Å². The molecular formula is C7H15NO. The summed E-state index contributed by atoms with van der Waals surface area (Å²) in [6.45, 7) is 7.63. The Morgan fingerprint density at radius 1 is 1.56 bits per heavy atom. The molecule has 0 rings (SSSR count). The van der Waals surface area contributed by atoms with Crippen LogP contribution in [0.2, 0.25) is 0 Å². The van der Waals surface area contributed by atoms with Crippen LogP contribution in [0.5, 0.6) is 0 Å². The van der Waals surface area contributed by atoms with Crippen LogP contribution in [0.3, 0.4) is 0 Å². The first kappa shape index (κ1) is 8.50. The zero-order valence-corrected chi connectivity index (χ0v) is 6.01. The van der Waals surface area contributed by atoms with Crippen LogP contribution in [0.1, 0.15) is 13.3 Å². The van der Waals surface area contributed by atoms with E-state index in [9.17, 15) is 0 Å². The number of rotatable bonds is 5. The van der Waals surface area contributed by atoms with Crippen molar-refractivity contribution in [2.24, 2.45) is 0 Å². The van der Waals surface area contributed by atoms with Gasteiger partial charge in [0.05, 0.1) is 6.61 Å². The van der Waals surface area contributed by atoms with Crippen LogP contribution in [0.15, 0.2) is 12.8 Å². The summed E-state index contributed by atoms with van der Waals surface area (Å²) >= 11 is 0. The van der Waals surface area contributed by atoms with E-state index in [-0.39, 0.29) is 6.61 Å². The maximum Gasteiger partial charge on any atom is 0.0606 e. The highest BCUT2D eigenvalue weighted by Crippen LogP contribution is 1.88. The molecule has 0 saturated heterocycles. The molecule has 0 amide bonds. The van der Waals surface area contributed by atoms with E-state index in [1.54, 1.807) is 6.20 Å². The fourth-order valence-electron chi connectivity index (χ4n) is 0.710. The van der Waals surface area contributed by atoms with Gasteiger partial charge in [-0.1, -0.05) is 13.5 Å². The van der Waals surface area contributed by atoms with Gasteiger partial charge in [-0.2, -0.15) is 0 Å². The molecule has 9 heavy (non-hydrogen) atoms. The van der Waals surface area contributed by atoms with Crippen molar-refractivity contribution in [3.05, 3.63) is 12.8 Å². The van der Waals surface area contributed by atoms with E-state index >= 15 is 0 Å². The fourth-order valence-corrected chi connectivity index (χ4v) is 0.710. The molecule has 0 heterocycles. The number of hydrogen-bond donors (Lipinski definition) is 1. The maximum absolute atomic E-state index is 8.50. The predicted molar refractivity (Wildman–Crippen MR) is 39.1 cm³/mol. The summed E-state index contributed by atoms with van der Waals surface area (Å²) in [5, 5.41) is 8.50. The summed E-state index contributed by atoms with van der Waals surface area (Å²) in [6.07, 6.45) is 2.87. The third-order valence-electron chi connectivity index (χ3n) is 1.16. The van der Waals surface area contributed by atoms with Crippen molar-refractivity contribution < 1.29 is 5.11 Å². The van der Waals surface area contributed by atoms with Crippen molar-refractivity contribution in [1.82, 2.24) is 4.90 Å². The van der Waals surface area contributed by atoms with Crippen molar-refractivity contribution in [3.63, 3.8) is 0 Å². The molecule has 0 aromatic carbocycles. The van der Waals surface area contributed by atoms with Gasteiger partial charge in [-0.05, 0) is 12.6 Å².